The van der Waals surface area contributed by atoms with Crippen LogP contribution in [-0.4, -0.2) is 28.9 Å². The summed E-state index contributed by atoms with van der Waals surface area (Å²) in [6, 6.07) is 9.75. The Balaban J connectivity index is 2.42. The number of hydrogen-bond acceptors (Lipinski definition) is 2. The van der Waals surface area contributed by atoms with E-state index in [0.29, 0.717) is 0 Å². The standard InChI is InChI=1S/C17H22N2O/c1-4-6-11-19(5-2)17(20)15-12-13(3)18-16-10-8-7-9-14(15)16/h7-10,12H,4-6,11H2,1-3H3. The van der Waals surface area contributed by atoms with Crippen LogP contribution in [0.4, 0.5) is 0 Å². The van der Waals surface area contributed by atoms with Crippen molar-refractivity contribution in [3.05, 3.63) is 41.6 Å². The number of carbonyl (C=O) groups excluding carboxylic acids is 1. The lowest BCUT2D eigenvalue weighted by Gasteiger charge is -2.21. The molecule has 0 atom stereocenters. The summed E-state index contributed by atoms with van der Waals surface area (Å²) in [5.41, 5.74) is 2.55. The van der Waals surface area contributed by atoms with Crippen LogP contribution in [0.5, 0.6) is 0 Å². The molecule has 3 heteroatoms. The average Bonchev–Trinajstić information content (AvgIpc) is 2.46. The highest BCUT2D eigenvalue weighted by Gasteiger charge is 2.17. The number of fused-ring (bicyclic) bond motifs is 1. The van der Waals surface area contributed by atoms with Gasteiger partial charge in [-0.2, -0.15) is 0 Å². The minimum Gasteiger partial charge on any atom is -0.339 e. The second kappa shape index (κ2) is 6.51. The third-order valence-corrected chi connectivity index (χ3v) is 3.53. The van der Waals surface area contributed by atoms with Crippen LogP contribution >= 0.6 is 0 Å². The molecular weight excluding hydrogens is 248 g/mol. The van der Waals surface area contributed by atoms with Crippen molar-refractivity contribution in [3.8, 4) is 0 Å². The van der Waals surface area contributed by atoms with E-state index in [2.05, 4.69) is 11.9 Å². The smallest absolute Gasteiger partial charge is 0.254 e. The van der Waals surface area contributed by atoms with E-state index in [4.69, 9.17) is 0 Å². The van der Waals surface area contributed by atoms with Crippen LogP contribution in [0.2, 0.25) is 0 Å². The number of aryl methyl sites for hydroxylation is 1. The molecule has 0 fully saturated rings. The summed E-state index contributed by atoms with van der Waals surface area (Å²) in [5.74, 6) is 0.114. The van der Waals surface area contributed by atoms with E-state index in [1.807, 2.05) is 49.1 Å². The maximum absolute atomic E-state index is 12.7. The summed E-state index contributed by atoms with van der Waals surface area (Å²) in [6.07, 6.45) is 2.14. The van der Waals surface area contributed by atoms with Crippen molar-refractivity contribution < 1.29 is 4.79 Å². The van der Waals surface area contributed by atoms with E-state index in [-0.39, 0.29) is 5.91 Å². The van der Waals surface area contributed by atoms with Crippen LogP contribution in [0, 0.1) is 6.92 Å². The van der Waals surface area contributed by atoms with Crippen molar-refractivity contribution in [2.24, 2.45) is 0 Å². The maximum atomic E-state index is 12.7. The zero-order chi connectivity index (χ0) is 14.5. The minimum absolute atomic E-state index is 0.114. The van der Waals surface area contributed by atoms with Gasteiger partial charge in [-0.1, -0.05) is 31.5 Å². The summed E-state index contributed by atoms with van der Waals surface area (Å²) in [7, 11) is 0. The van der Waals surface area contributed by atoms with Crippen LogP contribution in [0.15, 0.2) is 30.3 Å². The molecule has 0 saturated heterocycles. The fourth-order valence-corrected chi connectivity index (χ4v) is 2.41. The molecule has 0 spiro atoms. The Morgan fingerprint density at radius 3 is 2.70 bits per heavy atom. The third-order valence-electron chi connectivity index (χ3n) is 3.53. The molecule has 0 aliphatic carbocycles. The molecule has 2 aromatic rings. The molecule has 0 radical (unpaired) electrons. The Labute approximate surface area is 120 Å². The zero-order valence-electron chi connectivity index (χ0n) is 12.5. The van der Waals surface area contributed by atoms with Gasteiger partial charge in [-0.05, 0) is 32.4 Å². The van der Waals surface area contributed by atoms with Crippen molar-refractivity contribution in [1.29, 1.82) is 0 Å². The predicted octanol–water partition coefficient (Wildman–Crippen LogP) is 3.81. The van der Waals surface area contributed by atoms with Crippen LogP contribution in [0.25, 0.3) is 10.9 Å². The van der Waals surface area contributed by atoms with Crippen LogP contribution < -0.4 is 0 Å². The Morgan fingerprint density at radius 1 is 1.25 bits per heavy atom. The number of hydrogen-bond donors (Lipinski definition) is 0. The van der Waals surface area contributed by atoms with Gasteiger partial charge in [-0.15, -0.1) is 0 Å². The molecular formula is C17H22N2O. The van der Waals surface area contributed by atoms with Crippen LogP contribution in [-0.2, 0) is 0 Å². The Bertz CT molecular complexity index is 607. The molecule has 1 heterocycles. The number of benzene rings is 1. The number of nitrogens with zero attached hydrogens (tertiary/aromatic N) is 2. The van der Waals surface area contributed by atoms with E-state index >= 15 is 0 Å². The molecule has 0 unspecified atom stereocenters. The van der Waals surface area contributed by atoms with Crippen molar-refractivity contribution in [3.63, 3.8) is 0 Å². The van der Waals surface area contributed by atoms with E-state index in [0.717, 1.165) is 48.1 Å². The molecule has 2 rings (SSSR count). The van der Waals surface area contributed by atoms with Crippen molar-refractivity contribution in [1.82, 2.24) is 9.88 Å². The first-order chi connectivity index (χ1) is 9.67. The molecule has 106 valence electrons. The van der Waals surface area contributed by atoms with E-state index in [9.17, 15) is 4.79 Å². The fraction of sp³-hybridized carbons (Fsp3) is 0.412. The molecule has 0 aliphatic rings. The highest BCUT2D eigenvalue weighted by Crippen LogP contribution is 2.20. The van der Waals surface area contributed by atoms with Crippen molar-refractivity contribution in [2.45, 2.75) is 33.6 Å². The lowest BCUT2D eigenvalue weighted by molar-refractivity contribution is 0.0764. The summed E-state index contributed by atoms with van der Waals surface area (Å²) >= 11 is 0. The van der Waals surface area contributed by atoms with Gasteiger partial charge < -0.3 is 4.90 Å². The van der Waals surface area contributed by atoms with Gasteiger partial charge in [0, 0.05) is 24.2 Å². The number of rotatable bonds is 5. The number of aromatic nitrogens is 1. The number of unbranched alkanes of at least 4 members (excludes halogenated alkanes) is 1. The third kappa shape index (κ3) is 2.98. The summed E-state index contributed by atoms with van der Waals surface area (Å²) in [6.45, 7) is 7.68. The van der Waals surface area contributed by atoms with E-state index in [1.54, 1.807) is 0 Å². The monoisotopic (exact) mass is 270 g/mol. The van der Waals surface area contributed by atoms with Crippen LogP contribution in [0.3, 0.4) is 0 Å². The Kier molecular flexibility index (Phi) is 4.72. The minimum atomic E-state index is 0.114. The van der Waals surface area contributed by atoms with Gasteiger partial charge in [0.2, 0.25) is 0 Å². The molecule has 3 nitrogen and oxygen atoms in total. The summed E-state index contributed by atoms with van der Waals surface area (Å²) in [5, 5.41) is 0.943. The molecule has 1 aromatic carbocycles. The number of para-hydroxylation sites is 1. The van der Waals surface area contributed by atoms with Gasteiger partial charge >= 0.3 is 0 Å². The first kappa shape index (κ1) is 14.5. The molecule has 0 bridgehead atoms. The highest BCUT2D eigenvalue weighted by molar-refractivity contribution is 6.06. The van der Waals surface area contributed by atoms with Gasteiger partial charge in [0.05, 0.1) is 11.1 Å². The van der Waals surface area contributed by atoms with Gasteiger partial charge in [-0.25, -0.2) is 0 Å². The van der Waals surface area contributed by atoms with E-state index in [1.165, 1.54) is 0 Å². The number of amides is 1. The first-order valence-electron chi connectivity index (χ1n) is 7.33. The lowest BCUT2D eigenvalue weighted by atomic mass is 10.1. The lowest BCUT2D eigenvalue weighted by Crippen LogP contribution is -2.32. The van der Waals surface area contributed by atoms with Gasteiger partial charge in [0.1, 0.15) is 0 Å². The summed E-state index contributed by atoms with van der Waals surface area (Å²) < 4.78 is 0. The number of carbonyl (C=O) groups is 1. The Morgan fingerprint density at radius 2 is 2.00 bits per heavy atom. The van der Waals surface area contributed by atoms with Crippen molar-refractivity contribution >= 4 is 16.8 Å². The average molecular weight is 270 g/mol. The molecule has 0 N–H and O–H groups in total. The normalized spacial score (nSPS) is 10.8. The predicted molar refractivity (Wildman–Crippen MR) is 83.0 cm³/mol. The van der Waals surface area contributed by atoms with Crippen LogP contribution in [0.1, 0.15) is 42.7 Å². The molecule has 1 amide bonds. The highest BCUT2D eigenvalue weighted by atomic mass is 16.2. The number of pyridine rings is 1. The molecule has 1 aromatic heterocycles. The second-order valence-corrected chi connectivity index (χ2v) is 5.07. The topological polar surface area (TPSA) is 33.2 Å². The fourth-order valence-electron chi connectivity index (χ4n) is 2.41. The van der Waals surface area contributed by atoms with Gasteiger partial charge in [-0.3, -0.25) is 9.78 Å². The first-order valence-corrected chi connectivity index (χ1v) is 7.33. The van der Waals surface area contributed by atoms with Gasteiger partial charge in [0.15, 0.2) is 0 Å². The second-order valence-electron chi connectivity index (χ2n) is 5.07. The molecule has 20 heavy (non-hydrogen) atoms. The Hall–Kier alpha value is -1.90. The summed E-state index contributed by atoms with van der Waals surface area (Å²) in [4.78, 5) is 19.2. The maximum Gasteiger partial charge on any atom is 0.254 e. The van der Waals surface area contributed by atoms with E-state index < -0.39 is 0 Å². The SMILES string of the molecule is CCCCN(CC)C(=O)c1cc(C)nc2ccccc12. The zero-order valence-corrected chi connectivity index (χ0v) is 12.5. The quantitative estimate of drug-likeness (QED) is 0.827. The molecule has 0 aliphatic heterocycles. The van der Waals surface area contributed by atoms with Gasteiger partial charge in [0.25, 0.3) is 5.91 Å². The molecule has 0 saturated carbocycles. The largest absolute Gasteiger partial charge is 0.339 e. The van der Waals surface area contributed by atoms with Crippen molar-refractivity contribution in [2.75, 3.05) is 13.1 Å².